The predicted molar refractivity (Wildman–Crippen MR) is 165 cm³/mol. The number of carbonyl (C=O) groups is 1. The maximum absolute atomic E-state index is 11.7. The van der Waals surface area contributed by atoms with Crippen LogP contribution in [0, 0.1) is 11.3 Å². The first-order chi connectivity index (χ1) is 19.4. The number of nitriles is 1. The SMILES string of the molecule is N#Cc1cncc(COc2cc(OCc3cccc(-c4cccc(OCCCI)c4Cl)c3Cl)c(Cl)cc2C=O)c1. The van der Waals surface area contributed by atoms with Gasteiger partial charge >= 0.3 is 0 Å². The van der Waals surface area contributed by atoms with E-state index in [1.807, 2.05) is 42.5 Å². The number of halogens is 4. The lowest BCUT2D eigenvalue weighted by atomic mass is 10.0. The smallest absolute Gasteiger partial charge is 0.153 e. The van der Waals surface area contributed by atoms with Gasteiger partial charge in [0.1, 0.15) is 36.5 Å². The van der Waals surface area contributed by atoms with Crippen LogP contribution in [0.2, 0.25) is 15.1 Å². The third-order valence-corrected chi connectivity index (χ3v) is 7.65. The molecule has 6 nitrogen and oxygen atoms in total. The average molecular weight is 708 g/mol. The molecule has 4 rings (SSSR count). The summed E-state index contributed by atoms with van der Waals surface area (Å²) >= 11 is 22.2. The van der Waals surface area contributed by atoms with Gasteiger partial charge in [-0.1, -0.05) is 87.7 Å². The van der Waals surface area contributed by atoms with Crippen molar-refractivity contribution in [2.45, 2.75) is 19.6 Å². The number of pyridine rings is 1. The lowest BCUT2D eigenvalue weighted by Crippen LogP contribution is -2.02. The summed E-state index contributed by atoms with van der Waals surface area (Å²) in [7, 11) is 0. The van der Waals surface area contributed by atoms with E-state index in [4.69, 9.17) is 54.3 Å². The fourth-order valence-electron chi connectivity index (χ4n) is 3.79. The Labute approximate surface area is 260 Å². The van der Waals surface area contributed by atoms with E-state index >= 15 is 0 Å². The molecule has 10 heteroatoms. The Morgan fingerprint density at radius 1 is 0.875 bits per heavy atom. The molecule has 4 aromatic rings. The number of nitrogens with zero attached hydrogens (tertiary/aromatic N) is 2. The zero-order valence-corrected chi connectivity index (χ0v) is 25.4. The molecule has 204 valence electrons. The predicted octanol–water partition coefficient (Wildman–Crippen LogP) is 8.75. The molecule has 1 aromatic heterocycles. The molecule has 0 aliphatic carbocycles. The Kier molecular flexibility index (Phi) is 10.9. The number of aromatic nitrogens is 1. The molecular weight excluding hydrogens is 686 g/mol. The van der Waals surface area contributed by atoms with Crippen molar-refractivity contribution in [3.8, 4) is 34.4 Å². The van der Waals surface area contributed by atoms with Gasteiger partial charge < -0.3 is 14.2 Å². The second kappa shape index (κ2) is 14.6. The number of carbonyl (C=O) groups excluding carboxylic acids is 1. The van der Waals surface area contributed by atoms with Gasteiger partial charge in [0.2, 0.25) is 0 Å². The van der Waals surface area contributed by atoms with Gasteiger partial charge in [0.15, 0.2) is 6.29 Å². The van der Waals surface area contributed by atoms with Crippen molar-refractivity contribution in [1.82, 2.24) is 4.98 Å². The van der Waals surface area contributed by atoms with Gasteiger partial charge in [-0.25, -0.2) is 0 Å². The van der Waals surface area contributed by atoms with Crippen LogP contribution in [-0.4, -0.2) is 22.3 Å². The van der Waals surface area contributed by atoms with E-state index in [1.165, 1.54) is 12.3 Å². The second-order valence-corrected chi connectivity index (χ2v) is 10.7. The average Bonchev–Trinajstić information content (AvgIpc) is 2.97. The van der Waals surface area contributed by atoms with Gasteiger partial charge in [0.25, 0.3) is 0 Å². The molecule has 1 heterocycles. The zero-order chi connectivity index (χ0) is 28.5. The van der Waals surface area contributed by atoms with E-state index in [9.17, 15) is 4.79 Å². The molecule has 0 amide bonds. The molecule has 0 saturated carbocycles. The third-order valence-electron chi connectivity index (χ3n) is 5.76. The summed E-state index contributed by atoms with van der Waals surface area (Å²) in [5.41, 5.74) is 3.55. The van der Waals surface area contributed by atoms with Crippen molar-refractivity contribution in [2.75, 3.05) is 11.0 Å². The van der Waals surface area contributed by atoms with Crippen LogP contribution >= 0.6 is 57.4 Å². The quantitative estimate of drug-likeness (QED) is 0.0634. The number of alkyl halides is 1. The lowest BCUT2D eigenvalue weighted by Gasteiger charge is -2.16. The Morgan fingerprint density at radius 3 is 2.38 bits per heavy atom. The van der Waals surface area contributed by atoms with Crippen molar-refractivity contribution in [2.24, 2.45) is 0 Å². The molecule has 0 unspecified atom stereocenters. The molecule has 40 heavy (non-hydrogen) atoms. The van der Waals surface area contributed by atoms with Gasteiger partial charge in [-0.3, -0.25) is 9.78 Å². The molecule has 0 fully saturated rings. The number of hydrogen-bond donors (Lipinski definition) is 0. The minimum absolute atomic E-state index is 0.0971. The van der Waals surface area contributed by atoms with Crippen LogP contribution in [0.25, 0.3) is 11.1 Å². The normalized spacial score (nSPS) is 10.6. The van der Waals surface area contributed by atoms with Crippen LogP contribution < -0.4 is 14.2 Å². The summed E-state index contributed by atoms with van der Waals surface area (Å²) in [6.45, 7) is 0.774. The largest absolute Gasteiger partial charge is 0.492 e. The zero-order valence-electron chi connectivity index (χ0n) is 21.0. The van der Waals surface area contributed by atoms with Crippen LogP contribution in [0.5, 0.6) is 17.2 Å². The summed E-state index contributed by atoms with van der Waals surface area (Å²) < 4.78 is 18.7. The van der Waals surface area contributed by atoms with Crippen molar-refractivity contribution in [1.29, 1.82) is 5.26 Å². The Hall–Kier alpha value is -3.03. The van der Waals surface area contributed by atoms with Crippen molar-refractivity contribution in [3.63, 3.8) is 0 Å². The maximum atomic E-state index is 11.7. The van der Waals surface area contributed by atoms with Gasteiger partial charge in [-0.15, -0.1) is 0 Å². The van der Waals surface area contributed by atoms with Crippen LogP contribution in [0.3, 0.4) is 0 Å². The molecule has 0 atom stereocenters. The lowest BCUT2D eigenvalue weighted by molar-refractivity contribution is 0.111. The van der Waals surface area contributed by atoms with E-state index in [0.717, 1.165) is 22.0 Å². The standard InChI is InChI=1S/C30H22Cl3IN2O4/c31-25-11-22(16-37)27(39-17-20-10-19(13-35)14-36-15-20)12-28(25)40-18-21-4-1-5-23(29(21)32)24-6-2-7-26(30(24)33)38-9-3-8-34/h1-2,4-7,10-12,14-16H,3,8-9,17-18H2. The fourth-order valence-corrected chi connectivity index (χ4v) is 4.89. The number of aldehydes is 1. The number of ether oxygens (including phenoxy) is 3. The number of rotatable bonds is 12. The third kappa shape index (κ3) is 7.38. The van der Waals surface area contributed by atoms with Gasteiger partial charge in [-0.2, -0.15) is 5.26 Å². The highest BCUT2D eigenvalue weighted by Crippen LogP contribution is 2.40. The first-order valence-corrected chi connectivity index (χ1v) is 14.7. The monoisotopic (exact) mass is 706 g/mol. The van der Waals surface area contributed by atoms with Crippen molar-refractivity contribution in [3.05, 3.63) is 104 Å². The summed E-state index contributed by atoms with van der Waals surface area (Å²) in [4.78, 5) is 15.7. The summed E-state index contributed by atoms with van der Waals surface area (Å²) in [6, 6.07) is 17.9. The van der Waals surface area contributed by atoms with Gasteiger partial charge in [0.05, 0.1) is 32.8 Å². The van der Waals surface area contributed by atoms with Crippen LogP contribution in [0.1, 0.15) is 33.5 Å². The van der Waals surface area contributed by atoms with E-state index < -0.39 is 0 Å². The second-order valence-electron chi connectivity index (χ2n) is 8.50. The Bertz CT molecular complexity index is 1560. The summed E-state index contributed by atoms with van der Waals surface area (Å²) in [5.74, 6) is 1.20. The van der Waals surface area contributed by atoms with Crippen LogP contribution in [0.4, 0.5) is 0 Å². The summed E-state index contributed by atoms with van der Waals surface area (Å²) in [6.07, 6.45) is 4.62. The fraction of sp³-hybridized carbons (Fsp3) is 0.167. The van der Waals surface area contributed by atoms with Crippen molar-refractivity contribution >= 4 is 63.7 Å². The van der Waals surface area contributed by atoms with E-state index in [0.29, 0.717) is 51.1 Å². The molecule has 0 N–H and O–H groups in total. The highest BCUT2D eigenvalue weighted by Gasteiger charge is 2.16. The maximum Gasteiger partial charge on any atom is 0.153 e. The summed E-state index contributed by atoms with van der Waals surface area (Å²) in [5, 5.41) is 10.3. The molecular formula is C30H22Cl3IN2O4. The molecule has 3 aromatic carbocycles. The van der Waals surface area contributed by atoms with Gasteiger partial charge in [-0.05, 0) is 24.6 Å². The first kappa shape index (κ1) is 29.9. The van der Waals surface area contributed by atoms with Gasteiger partial charge in [0, 0.05) is 45.1 Å². The first-order valence-electron chi connectivity index (χ1n) is 12.1. The number of benzene rings is 3. The minimum Gasteiger partial charge on any atom is -0.492 e. The topological polar surface area (TPSA) is 81.4 Å². The van der Waals surface area contributed by atoms with Crippen LogP contribution in [-0.2, 0) is 13.2 Å². The highest BCUT2D eigenvalue weighted by atomic mass is 127. The molecule has 0 bridgehead atoms. The molecule has 0 spiro atoms. The van der Waals surface area contributed by atoms with Crippen molar-refractivity contribution < 1.29 is 19.0 Å². The molecule has 0 radical (unpaired) electrons. The Balaban J connectivity index is 1.53. The Morgan fingerprint density at radius 2 is 1.62 bits per heavy atom. The molecule has 0 saturated heterocycles. The highest BCUT2D eigenvalue weighted by molar-refractivity contribution is 14.1. The van der Waals surface area contributed by atoms with E-state index in [2.05, 4.69) is 27.6 Å². The molecule has 0 aliphatic rings. The number of hydrogen-bond acceptors (Lipinski definition) is 6. The van der Waals surface area contributed by atoms with E-state index in [-0.39, 0.29) is 29.5 Å². The molecule has 0 aliphatic heterocycles. The van der Waals surface area contributed by atoms with E-state index in [1.54, 1.807) is 18.3 Å². The van der Waals surface area contributed by atoms with Crippen LogP contribution in [0.15, 0.2) is 67.0 Å². The minimum atomic E-state index is 0.0971.